The lowest BCUT2D eigenvalue weighted by Gasteiger charge is -2.24. The number of aromatic nitrogens is 1. The highest BCUT2D eigenvalue weighted by Gasteiger charge is 2.22. The number of thiophene rings is 1. The van der Waals surface area contributed by atoms with E-state index in [9.17, 15) is 0 Å². The number of hydrogen-bond acceptors (Lipinski definition) is 4. The summed E-state index contributed by atoms with van der Waals surface area (Å²) in [5, 5.41) is 8.80. The molecule has 1 aliphatic heterocycles. The van der Waals surface area contributed by atoms with Crippen molar-refractivity contribution in [2.45, 2.75) is 6.17 Å². The van der Waals surface area contributed by atoms with Crippen molar-refractivity contribution in [3.05, 3.63) is 187 Å². The van der Waals surface area contributed by atoms with Crippen LogP contribution in [0.2, 0.25) is 0 Å². The van der Waals surface area contributed by atoms with Crippen LogP contribution in [0.5, 0.6) is 0 Å². The zero-order valence-electron chi connectivity index (χ0n) is 27.0. The molecule has 0 bridgehead atoms. The smallest absolute Gasteiger partial charge is 0.159 e. The van der Waals surface area contributed by atoms with Crippen molar-refractivity contribution in [2.75, 3.05) is 0 Å². The molecule has 9 aromatic rings. The van der Waals surface area contributed by atoms with Crippen molar-refractivity contribution in [1.82, 2.24) is 9.88 Å². The minimum atomic E-state index is -0.300. The summed E-state index contributed by atoms with van der Waals surface area (Å²) in [4.78, 5) is 10.2. The van der Waals surface area contributed by atoms with Gasteiger partial charge in [-0.1, -0.05) is 140 Å². The van der Waals surface area contributed by atoms with Crippen molar-refractivity contribution in [2.24, 2.45) is 9.98 Å². The van der Waals surface area contributed by atoms with E-state index in [1.54, 1.807) is 0 Å². The van der Waals surface area contributed by atoms with Gasteiger partial charge in [0, 0.05) is 47.8 Å². The molecule has 0 saturated heterocycles. The Balaban J connectivity index is 1.07. The zero-order chi connectivity index (χ0) is 33.0. The topological polar surface area (TPSA) is 41.7 Å². The van der Waals surface area contributed by atoms with Crippen LogP contribution in [-0.4, -0.2) is 16.2 Å². The van der Waals surface area contributed by atoms with Crippen LogP contribution in [0.4, 0.5) is 0 Å². The van der Waals surface area contributed by atoms with Crippen molar-refractivity contribution < 1.29 is 0 Å². The maximum Gasteiger partial charge on any atom is 0.159 e. The summed E-state index contributed by atoms with van der Waals surface area (Å²) in [6.45, 7) is 0. The Bertz CT molecular complexity index is 2760. The molecule has 1 atom stereocenters. The van der Waals surface area contributed by atoms with Gasteiger partial charge in [-0.2, -0.15) is 0 Å². The van der Waals surface area contributed by atoms with Crippen LogP contribution >= 0.6 is 11.3 Å². The van der Waals surface area contributed by atoms with Gasteiger partial charge in [-0.15, -0.1) is 11.3 Å². The highest BCUT2D eigenvalue weighted by molar-refractivity contribution is 7.26. The number of amidine groups is 2. The number of rotatable bonds is 5. The van der Waals surface area contributed by atoms with Crippen LogP contribution in [-0.2, 0) is 0 Å². The number of aliphatic imine (C=N–C) groups is 2. The molecular formula is C45H30N4S. The summed E-state index contributed by atoms with van der Waals surface area (Å²) in [7, 11) is 0. The second kappa shape index (κ2) is 11.7. The molecule has 3 heterocycles. The third kappa shape index (κ3) is 4.74. The quantitative estimate of drug-likeness (QED) is 0.196. The molecule has 0 aliphatic carbocycles. The Morgan fingerprint density at radius 3 is 1.92 bits per heavy atom. The first kappa shape index (κ1) is 28.7. The van der Waals surface area contributed by atoms with Crippen LogP contribution < -0.4 is 5.32 Å². The van der Waals surface area contributed by atoms with Crippen LogP contribution in [0.3, 0.4) is 0 Å². The van der Waals surface area contributed by atoms with Gasteiger partial charge in [0.1, 0.15) is 12.0 Å². The van der Waals surface area contributed by atoms with Gasteiger partial charge in [-0.3, -0.25) is 0 Å². The summed E-state index contributed by atoms with van der Waals surface area (Å²) >= 11 is 1.86. The normalized spacial score (nSPS) is 14.6. The maximum atomic E-state index is 5.14. The lowest BCUT2D eigenvalue weighted by molar-refractivity contribution is 0.674. The van der Waals surface area contributed by atoms with Crippen LogP contribution in [0, 0.1) is 0 Å². The Morgan fingerprint density at radius 1 is 0.500 bits per heavy atom. The van der Waals surface area contributed by atoms with E-state index in [0.29, 0.717) is 0 Å². The summed E-state index contributed by atoms with van der Waals surface area (Å²) in [5.41, 5.74) is 9.02. The fourth-order valence-electron chi connectivity index (χ4n) is 7.27. The monoisotopic (exact) mass is 658 g/mol. The highest BCUT2D eigenvalue weighted by atomic mass is 32.1. The second-order valence-electron chi connectivity index (χ2n) is 12.6. The lowest BCUT2D eigenvalue weighted by atomic mass is 10.0. The molecule has 0 saturated carbocycles. The van der Waals surface area contributed by atoms with Gasteiger partial charge in [-0.25, -0.2) is 9.98 Å². The van der Waals surface area contributed by atoms with Gasteiger partial charge < -0.3 is 9.88 Å². The number of hydrogen-bond donors (Lipinski definition) is 1. The van der Waals surface area contributed by atoms with Gasteiger partial charge in [-0.05, 0) is 47.0 Å². The summed E-state index contributed by atoms with van der Waals surface area (Å²) in [6, 6.07) is 60.2. The van der Waals surface area contributed by atoms with Crippen molar-refractivity contribution >= 4 is 65.0 Å². The zero-order valence-corrected chi connectivity index (χ0v) is 27.8. The van der Waals surface area contributed by atoms with E-state index in [2.05, 4.69) is 155 Å². The van der Waals surface area contributed by atoms with E-state index < -0.39 is 0 Å². The number of para-hydroxylation sites is 1. The second-order valence-corrected chi connectivity index (χ2v) is 13.7. The molecule has 1 aliphatic rings. The van der Waals surface area contributed by atoms with E-state index in [-0.39, 0.29) is 6.17 Å². The Morgan fingerprint density at radius 2 is 1.14 bits per heavy atom. The predicted molar refractivity (Wildman–Crippen MR) is 211 cm³/mol. The predicted octanol–water partition coefficient (Wildman–Crippen LogP) is 11.3. The molecule has 1 N–H and O–H groups in total. The molecule has 2 aromatic heterocycles. The van der Waals surface area contributed by atoms with E-state index >= 15 is 0 Å². The Kier molecular flexibility index (Phi) is 6.71. The summed E-state index contributed by atoms with van der Waals surface area (Å²) in [5.74, 6) is 1.52. The standard InChI is InChI=1S/C45H30N4S/c1-3-11-29(12-4-1)30-19-21-32(22-20-30)44-46-43(31-13-5-2-6-14-31)47-45(48-44)33-23-25-34(26-24-33)49-38-17-9-7-15-35(38)36-27-28-40-41(42(36)49)37-16-8-10-18-39(37)50-40/h1-28,45H,(H,46,47,48). The van der Waals surface area contributed by atoms with Crippen LogP contribution in [0.1, 0.15) is 22.9 Å². The molecule has 7 aromatic carbocycles. The molecule has 1 unspecified atom stereocenters. The number of nitrogens with one attached hydrogen (secondary N) is 1. The van der Waals surface area contributed by atoms with E-state index in [0.717, 1.165) is 34.0 Å². The van der Waals surface area contributed by atoms with Gasteiger partial charge >= 0.3 is 0 Å². The molecule has 4 nitrogen and oxygen atoms in total. The van der Waals surface area contributed by atoms with Crippen molar-refractivity contribution in [3.63, 3.8) is 0 Å². The molecule has 5 heteroatoms. The van der Waals surface area contributed by atoms with E-state index in [4.69, 9.17) is 9.98 Å². The van der Waals surface area contributed by atoms with E-state index in [1.807, 2.05) is 35.6 Å². The van der Waals surface area contributed by atoms with Crippen molar-refractivity contribution in [3.8, 4) is 16.8 Å². The molecule has 10 rings (SSSR count). The minimum Gasteiger partial charge on any atom is -0.344 e. The van der Waals surface area contributed by atoms with Gasteiger partial charge in [0.15, 0.2) is 5.84 Å². The number of fused-ring (bicyclic) bond motifs is 7. The summed E-state index contributed by atoms with van der Waals surface area (Å²) in [6.07, 6.45) is -0.300. The molecule has 0 fully saturated rings. The van der Waals surface area contributed by atoms with Crippen LogP contribution in [0.15, 0.2) is 180 Å². The molecular weight excluding hydrogens is 629 g/mol. The Labute approximate surface area is 293 Å². The van der Waals surface area contributed by atoms with E-state index in [1.165, 1.54) is 53.1 Å². The highest BCUT2D eigenvalue weighted by Crippen LogP contribution is 2.43. The van der Waals surface area contributed by atoms with Gasteiger partial charge in [0.2, 0.25) is 0 Å². The lowest BCUT2D eigenvalue weighted by Crippen LogP contribution is -2.33. The first-order valence-electron chi connectivity index (χ1n) is 16.9. The molecule has 236 valence electrons. The molecule has 0 radical (unpaired) electrons. The number of benzene rings is 7. The SMILES string of the molecule is c1ccc(C2=NC(c3ccc(-n4c5ccccc5c5ccc6sc7ccccc7c6c54)cc3)NC(c3ccc(-c4ccccc4)cc3)=N2)cc1. The molecule has 50 heavy (non-hydrogen) atoms. The first-order chi connectivity index (χ1) is 24.8. The maximum absolute atomic E-state index is 5.14. The molecule has 0 amide bonds. The average Bonchev–Trinajstić information content (AvgIpc) is 3.74. The number of nitrogens with zero attached hydrogens (tertiary/aromatic N) is 3. The van der Waals surface area contributed by atoms with Crippen LogP contribution in [0.25, 0.3) is 58.8 Å². The average molecular weight is 659 g/mol. The fraction of sp³-hybridized carbons (Fsp3) is 0.0222. The largest absolute Gasteiger partial charge is 0.344 e. The van der Waals surface area contributed by atoms with Gasteiger partial charge in [0.25, 0.3) is 0 Å². The summed E-state index contributed by atoms with van der Waals surface area (Å²) < 4.78 is 5.05. The minimum absolute atomic E-state index is 0.300. The molecule has 0 spiro atoms. The fourth-order valence-corrected chi connectivity index (χ4v) is 8.38. The van der Waals surface area contributed by atoms with Crippen molar-refractivity contribution in [1.29, 1.82) is 0 Å². The first-order valence-corrected chi connectivity index (χ1v) is 17.7. The third-order valence-electron chi connectivity index (χ3n) is 9.68. The third-order valence-corrected chi connectivity index (χ3v) is 10.8. The Hall–Kier alpha value is -6.30. The van der Waals surface area contributed by atoms with Gasteiger partial charge in [0.05, 0.1) is 11.0 Å².